The summed E-state index contributed by atoms with van der Waals surface area (Å²) in [6, 6.07) is 5.63. The van der Waals surface area contributed by atoms with Crippen molar-refractivity contribution in [1.82, 2.24) is 0 Å². The Morgan fingerprint density at radius 2 is 2.00 bits per heavy atom. The summed E-state index contributed by atoms with van der Waals surface area (Å²) in [4.78, 5) is 0. The number of benzene rings is 1. The van der Waals surface area contributed by atoms with Crippen LogP contribution in [0.3, 0.4) is 0 Å². The first-order chi connectivity index (χ1) is 8.27. The van der Waals surface area contributed by atoms with Gasteiger partial charge in [-0.15, -0.1) is 0 Å². The minimum absolute atomic E-state index is 0.752. The standard InChI is InChI=1S/C13H22N2O2/c1-16-9-5-3-4-8-15-13-10-11(17-2)6-7-12(13)14/h6-7,10,15H,3-5,8-9,14H2,1-2H3. The summed E-state index contributed by atoms with van der Waals surface area (Å²) in [6.07, 6.45) is 3.37. The Hall–Kier alpha value is -1.42. The highest BCUT2D eigenvalue weighted by molar-refractivity contribution is 5.68. The van der Waals surface area contributed by atoms with Crippen LogP contribution in [0.1, 0.15) is 19.3 Å². The van der Waals surface area contributed by atoms with Crippen molar-refractivity contribution in [1.29, 1.82) is 0 Å². The van der Waals surface area contributed by atoms with Crippen LogP contribution in [0.5, 0.6) is 5.75 Å². The maximum absolute atomic E-state index is 5.87. The van der Waals surface area contributed by atoms with Gasteiger partial charge in [0.25, 0.3) is 0 Å². The molecule has 0 aliphatic heterocycles. The van der Waals surface area contributed by atoms with Crippen molar-refractivity contribution in [3.05, 3.63) is 18.2 Å². The molecule has 17 heavy (non-hydrogen) atoms. The van der Waals surface area contributed by atoms with Gasteiger partial charge >= 0.3 is 0 Å². The van der Waals surface area contributed by atoms with Gasteiger partial charge in [-0.3, -0.25) is 0 Å². The zero-order valence-corrected chi connectivity index (χ0v) is 10.7. The second kappa shape index (κ2) is 7.79. The largest absolute Gasteiger partial charge is 0.497 e. The van der Waals surface area contributed by atoms with E-state index in [1.165, 1.54) is 0 Å². The molecule has 3 N–H and O–H groups in total. The Labute approximate surface area is 103 Å². The van der Waals surface area contributed by atoms with Crippen LogP contribution in [0.4, 0.5) is 11.4 Å². The van der Waals surface area contributed by atoms with Gasteiger partial charge in [0.15, 0.2) is 0 Å². The molecular formula is C13H22N2O2. The van der Waals surface area contributed by atoms with E-state index in [4.69, 9.17) is 15.2 Å². The van der Waals surface area contributed by atoms with Crippen LogP contribution in [0.15, 0.2) is 18.2 Å². The van der Waals surface area contributed by atoms with Crippen molar-refractivity contribution >= 4 is 11.4 Å². The van der Waals surface area contributed by atoms with Crippen LogP contribution in [-0.4, -0.2) is 27.4 Å². The third-order valence-electron chi connectivity index (χ3n) is 2.60. The molecule has 0 unspecified atom stereocenters. The minimum Gasteiger partial charge on any atom is -0.497 e. The Morgan fingerprint density at radius 1 is 1.18 bits per heavy atom. The van der Waals surface area contributed by atoms with Crippen LogP contribution in [-0.2, 0) is 4.74 Å². The molecule has 0 saturated carbocycles. The molecule has 0 fully saturated rings. The van der Waals surface area contributed by atoms with Gasteiger partial charge in [0.05, 0.1) is 18.5 Å². The van der Waals surface area contributed by atoms with E-state index >= 15 is 0 Å². The highest BCUT2D eigenvalue weighted by Gasteiger charge is 2.00. The van der Waals surface area contributed by atoms with E-state index in [0.29, 0.717) is 0 Å². The molecule has 1 aromatic rings. The molecule has 0 amide bonds. The van der Waals surface area contributed by atoms with Crippen LogP contribution in [0.25, 0.3) is 0 Å². The Balaban J connectivity index is 2.30. The number of nitrogens with one attached hydrogen (secondary N) is 1. The molecule has 1 rings (SSSR count). The number of methoxy groups -OCH3 is 2. The summed E-state index contributed by atoms with van der Waals surface area (Å²) in [7, 11) is 3.38. The van der Waals surface area contributed by atoms with E-state index in [-0.39, 0.29) is 0 Å². The molecule has 0 radical (unpaired) electrons. The van der Waals surface area contributed by atoms with Crippen molar-refractivity contribution in [3.8, 4) is 5.75 Å². The van der Waals surface area contributed by atoms with Crippen molar-refractivity contribution in [2.24, 2.45) is 0 Å². The number of hydrogen-bond acceptors (Lipinski definition) is 4. The Bertz CT molecular complexity index is 329. The Morgan fingerprint density at radius 3 is 2.71 bits per heavy atom. The molecule has 0 bridgehead atoms. The number of ether oxygens (including phenoxy) is 2. The fourth-order valence-electron chi connectivity index (χ4n) is 1.59. The lowest BCUT2D eigenvalue weighted by Crippen LogP contribution is -2.04. The Kier molecular flexibility index (Phi) is 6.25. The number of nitrogens with two attached hydrogens (primary N) is 1. The number of anilines is 2. The van der Waals surface area contributed by atoms with Crippen molar-refractivity contribution in [2.75, 3.05) is 38.4 Å². The molecule has 0 aliphatic rings. The first kappa shape index (κ1) is 13.6. The number of nitrogen functional groups attached to an aromatic ring is 1. The van der Waals surface area contributed by atoms with E-state index in [1.807, 2.05) is 18.2 Å². The van der Waals surface area contributed by atoms with E-state index in [9.17, 15) is 0 Å². The van der Waals surface area contributed by atoms with Gasteiger partial charge in [-0.25, -0.2) is 0 Å². The predicted octanol–water partition coefficient (Wildman–Crippen LogP) is 2.51. The van der Waals surface area contributed by atoms with Crippen LogP contribution >= 0.6 is 0 Å². The highest BCUT2D eigenvalue weighted by Crippen LogP contribution is 2.24. The summed E-state index contributed by atoms with van der Waals surface area (Å²) in [5, 5.41) is 3.32. The molecule has 4 heteroatoms. The van der Waals surface area contributed by atoms with Gasteiger partial charge in [0, 0.05) is 26.3 Å². The lowest BCUT2D eigenvalue weighted by atomic mass is 10.2. The number of unbranched alkanes of at least 4 members (excludes halogenated alkanes) is 2. The first-order valence-corrected chi connectivity index (χ1v) is 5.94. The van der Waals surface area contributed by atoms with E-state index in [1.54, 1.807) is 14.2 Å². The molecule has 96 valence electrons. The lowest BCUT2D eigenvalue weighted by molar-refractivity contribution is 0.192. The van der Waals surface area contributed by atoms with Crippen LogP contribution < -0.4 is 15.8 Å². The zero-order chi connectivity index (χ0) is 12.5. The average Bonchev–Trinajstić information content (AvgIpc) is 2.35. The molecule has 0 aliphatic carbocycles. The van der Waals surface area contributed by atoms with Crippen LogP contribution in [0, 0.1) is 0 Å². The maximum atomic E-state index is 5.87. The lowest BCUT2D eigenvalue weighted by Gasteiger charge is -2.10. The molecule has 0 aromatic heterocycles. The molecule has 1 aromatic carbocycles. The van der Waals surface area contributed by atoms with Gasteiger partial charge in [-0.2, -0.15) is 0 Å². The third kappa shape index (κ3) is 4.95. The number of hydrogen-bond donors (Lipinski definition) is 2. The topological polar surface area (TPSA) is 56.5 Å². The quantitative estimate of drug-likeness (QED) is 0.539. The van der Waals surface area contributed by atoms with E-state index in [2.05, 4.69) is 5.32 Å². The van der Waals surface area contributed by atoms with Crippen LogP contribution in [0.2, 0.25) is 0 Å². The van der Waals surface area contributed by atoms with Crippen molar-refractivity contribution < 1.29 is 9.47 Å². The minimum atomic E-state index is 0.752. The monoisotopic (exact) mass is 238 g/mol. The first-order valence-electron chi connectivity index (χ1n) is 5.94. The maximum Gasteiger partial charge on any atom is 0.121 e. The van der Waals surface area contributed by atoms with Gasteiger partial charge in [0.2, 0.25) is 0 Å². The summed E-state index contributed by atoms with van der Waals surface area (Å²) in [5.74, 6) is 0.820. The molecule has 0 atom stereocenters. The molecule has 4 nitrogen and oxygen atoms in total. The smallest absolute Gasteiger partial charge is 0.121 e. The van der Waals surface area contributed by atoms with Gasteiger partial charge in [-0.05, 0) is 31.4 Å². The fourth-order valence-corrected chi connectivity index (χ4v) is 1.59. The zero-order valence-electron chi connectivity index (χ0n) is 10.7. The van der Waals surface area contributed by atoms with E-state index < -0.39 is 0 Å². The average molecular weight is 238 g/mol. The predicted molar refractivity (Wildman–Crippen MR) is 71.6 cm³/mol. The number of rotatable bonds is 8. The SMILES string of the molecule is COCCCCCNc1cc(OC)ccc1N. The van der Waals surface area contributed by atoms with Crippen molar-refractivity contribution in [3.63, 3.8) is 0 Å². The summed E-state index contributed by atoms with van der Waals surface area (Å²) >= 11 is 0. The van der Waals surface area contributed by atoms with Crippen molar-refractivity contribution in [2.45, 2.75) is 19.3 Å². The normalized spacial score (nSPS) is 10.2. The van der Waals surface area contributed by atoms with Gasteiger partial charge in [0.1, 0.15) is 5.75 Å². The van der Waals surface area contributed by atoms with Gasteiger partial charge in [-0.1, -0.05) is 0 Å². The second-order valence-corrected chi connectivity index (χ2v) is 3.93. The second-order valence-electron chi connectivity index (χ2n) is 3.93. The summed E-state index contributed by atoms with van der Waals surface area (Å²) in [6.45, 7) is 1.75. The highest BCUT2D eigenvalue weighted by atomic mass is 16.5. The summed E-state index contributed by atoms with van der Waals surface area (Å²) < 4.78 is 10.2. The molecule has 0 heterocycles. The van der Waals surface area contributed by atoms with Gasteiger partial charge < -0.3 is 20.5 Å². The fraction of sp³-hybridized carbons (Fsp3) is 0.538. The molecular weight excluding hydrogens is 216 g/mol. The summed E-state index contributed by atoms with van der Waals surface area (Å²) in [5.41, 5.74) is 7.56. The molecule has 0 spiro atoms. The van der Waals surface area contributed by atoms with E-state index in [0.717, 1.165) is 49.5 Å². The third-order valence-corrected chi connectivity index (χ3v) is 2.60. The molecule has 0 saturated heterocycles.